The molecule has 0 fully saturated rings. The van der Waals surface area contributed by atoms with Gasteiger partial charge in [-0.05, 0) is 33.7 Å². The number of hydrogen-bond acceptors (Lipinski definition) is 3. The van der Waals surface area contributed by atoms with Gasteiger partial charge < -0.3 is 5.32 Å². The van der Waals surface area contributed by atoms with Crippen molar-refractivity contribution in [3.8, 4) is 33.6 Å². The predicted octanol–water partition coefficient (Wildman–Crippen LogP) is 8.06. The van der Waals surface area contributed by atoms with Crippen LogP contribution in [-0.2, 0) is 18.5 Å². The van der Waals surface area contributed by atoms with E-state index in [4.69, 9.17) is 0 Å². The maximum Gasteiger partial charge on any atom is 0.101 e. The highest BCUT2D eigenvalue weighted by atomic mass is 15.1. The summed E-state index contributed by atoms with van der Waals surface area (Å²) in [5, 5.41) is 12.8. The number of benzene rings is 4. The Balaban J connectivity index is 1.34. The molecule has 0 aliphatic rings. The molecule has 5 aromatic rings. The maximum absolute atomic E-state index is 4.67. The molecule has 0 bridgehead atoms. The van der Waals surface area contributed by atoms with Gasteiger partial charge in [0, 0.05) is 29.8 Å². The lowest BCUT2D eigenvalue weighted by molar-refractivity contribution is 0.589. The Morgan fingerprint density at radius 3 is 1.68 bits per heavy atom. The van der Waals surface area contributed by atoms with Crippen molar-refractivity contribution in [2.24, 2.45) is 0 Å². The van der Waals surface area contributed by atoms with Gasteiger partial charge in [-0.25, -0.2) is 0 Å². The van der Waals surface area contributed by atoms with Crippen LogP contribution in [0.2, 0.25) is 0 Å². The van der Waals surface area contributed by atoms with E-state index >= 15 is 0 Å². The van der Waals surface area contributed by atoms with Gasteiger partial charge in [-0.15, -0.1) is 10.2 Å². The molecule has 0 atom stereocenters. The van der Waals surface area contributed by atoms with Gasteiger partial charge >= 0.3 is 0 Å². The second kappa shape index (κ2) is 10.9. The fourth-order valence-electron chi connectivity index (χ4n) is 4.45. The lowest BCUT2D eigenvalue weighted by atomic mass is 9.87. The number of hydrogen-bond donors (Lipinski definition) is 1. The molecule has 0 saturated heterocycles. The van der Waals surface area contributed by atoms with Gasteiger partial charge in [-0.2, -0.15) is 0 Å². The minimum Gasteiger partial charge on any atom is -0.309 e. The van der Waals surface area contributed by atoms with Crippen LogP contribution in [0.25, 0.3) is 33.6 Å². The lowest BCUT2D eigenvalue weighted by Crippen LogP contribution is -2.14. The molecule has 0 aliphatic carbocycles. The molecule has 0 unspecified atom stereocenters. The van der Waals surface area contributed by atoms with Crippen molar-refractivity contribution in [1.29, 1.82) is 0 Å². The van der Waals surface area contributed by atoms with Crippen molar-refractivity contribution in [1.82, 2.24) is 15.5 Å². The molecule has 1 aromatic heterocycles. The second-order valence-electron chi connectivity index (χ2n) is 10.5. The zero-order chi connectivity index (χ0) is 25.7. The third-order valence-corrected chi connectivity index (χ3v) is 6.65. The fraction of sp³-hybridized carbons (Fsp3) is 0.176. The zero-order valence-electron chi connectivity index (χ0n) is 21.8. The standard InChI is InChI=1S/C34H33N3/c1-34(2,3)30-20-16-26(17-21-30)24-35-23-25-14-18-27(19-15-25)31-22-32(28-10-6-4-7-11-28)36-37-33(31)29-12-8-5-9-13-29/h4-22,35H,23-24H2,1-3H3. The normalized spacial score (nSPS) is 11.4. The molecular formula is C34H33N3. The van der Waals surface area contributed by atoms with E-state index < -0.39 is 0 Å². The minimum atomic E-state index is 0.181. The summed E-state index contributed by atoms with van der Waals surface area (Å²) in [5.74, 6) is 0. The second-order valence-corrected chi connectivity index (χ2v) is 10.5. The molecule has 1 heterocycles. The van der Waals surface area contributed by atoms with Crippen molar-refractivity contribution >= 4 is 0 Å². The zero-order valence-corrected chi connectivity index (χ0v) is 21.8. The molecule has 3 heteroatoms. The Morgan fingerprint density at radius 1 is 0.568 bits per heavy atom. The van der Waals surface area contributed by atoms with Gasteiger partial charge in [-0.1, -0.05) is 130 Å². The van der Waals surface area contributed by atoms with E-state index in [1.165, 1.54) is 16.7 Å². The molecule has 0 saturated carbocycles. The molecule has 37 heavy (non-hydrogen) atoms. The van der Waals surface area contributed by atoms with E-state index in [1.807, 2.05) is 36.4 Å². The van der Waals surface area contributed by atoms with Crippen LogP contribution in [0.1, 0.15) is 37.5 Å². The summed E-state index contributed by atoms with van der Waals surface area (Å²) in [4.78, 5) is 0. The summed E-state index contributed by atoms with van der Waals surface area (Å²) in [5.41, 5.74) is 10.2. The van der Waals surface area contributed by atoms with Crippen LogP contribution < -0.4 is 5.32 Å². The van der Waals surface area contributed by atoms with E-state index in [0.29, 0.717) is 0 Å². The van der Waals surface area contributed by atoms with Crippen LogP contribution in [-0.4, -0.2) is 10.2 Å². The Bertz CT molecular complexity index is 1430. The van der Waals surface area contributed by atoms with Crippen molar-refractivity contribution < 1.29 is 0 Å². The van der Waals surface area contributed by atoms with E-state index in [9.17, 15) is 0 Å². The quantitative estimate of drug-likeness (QED) is 0.254. The van der Waals surface area contributed by atoms with E-state index in [1.54, 1.807) is 0 Å². The molecule has 0 spiro atoms. The summed E-state index contributed by atoms with van der Waals surface area (Å²) in [6.45, 7) is 8.40. The van der Waals surface area contributed by atoms with Crippen molar-refractivity contribution in [2.75, 3.05) is 0 Å². The molecule has 3 nitrogen and oxygen atoms in total. The molecule has 0 amide bonds. The minimum absolute atomic E-state index is 0.181. The molecular weight excluding hydrogens is 450 g/mol. The van der Waals surface area contributed by atoms with Gasteiger partial charge in [0.25, 0.3) is 0 Å². The highest BCUT2D eigenvalue weighted by Gasteiger charge is 2.14. The summed E-state index contributed by atoms with van der Waals surface area (Å²) in [7, 11) is 0. The molecule has 0 aliphatic heterocycles. The first-order chi connectivity index (χ1) is 18.0. The number of aromatic nitrogens is 2. The Morgan fingerprint density at radius 2 is 1.11 bits per heavy atom. The average Bonchev–Trinajstić information content (AvgIpc) is 2.94. The fourth-order valence-corrected chi connectivity index (χ4v) is 4.45. The van der Waals surface area contributed by atoms with Crippen LogP contribution in [0.15, 0.2) is 115 Å². The maximum atomic E-state index is 4.67. The SMILES string of the molecule is CC(C)(C)c1ccc(CNCc2ccc(-c3cc(-c4ccccc4)nnc3-c3ccccc3)cc2)cc1. The largest absolute Gasteiger partial charge is 0.309 e. The Labute approximate surface area is 220 Å². The summed E-state index contributed by atoms with van der Waals surface area (Å²) in [6, 6.07) is 40.3. The van der Waals surface area contributed by atoms with Crippen LogP contribution in [0.4, 0.5) is 0 Å². The molecule has 0 radical (unpaired) electrons. The summed E-state index contributed by atoms with van der Waals surface area (Å²) in [6.07, 6.45) is 0. The molecule has 1 N–H and O–H groups in total. The van der Waals surface area contributed by atoms with Crippen LogP contribution in [0.5, 0.6) is 0 Å². The van der Waals surface area contributed by atoms with E-state index in [-0.39, 0.29) is 5.41 Å². The van der Waals surface area contributed by atoms with Crippen molar-refractivity contribution in [2.45, 2.75) is 39.3 Å². The van der Waals surface area contributed by atoms with Gasteiger partial charge in [-0.3, -0.25) is 0 Å². The summed E-state index contributed by atoms with van der Waals surface area (Å²) < 4.78 is 0. The van der Waals surface area contributed by atoms with Gasteiger partial charge in [0.05, 0.1) is 5.69 Å². The number of rotatable bonds is 7. The number of nitrogens with zero attached hydrogens (tertiary/aromatic N) is 2. The first-order valence-electron chi connectivity index (χ1n) is 12.9. The average molecular weight is 484 g/mol. The Kier molecular flexibility index (Phi) is 7.25. The first kappa shape index (κ1) is 24.6. The highest BCUT2D eigenvalue weighted by molar-refractivity contribution is 5.83. The first-order valence-corrected chi connectivity index (χ1v) is 12.9. The lowest BCUT2D eigenvalue weighted by Gasteiger charge is -2.19. The molecule has 184 valence electrons. The van der Waals surface area contributed by atoms with Gasteiger partial charge in [0.15, 0.2) is 0 Å². The third-order valence-electron chi connectivity index (χ3n) is 6.65. The highest BCUT2D eigenvalue weighted by Crippen LogP contribution is 2.33. The molecule has 4 aromatic carbocycles. The van der Waals surface area contributed by atoms with Crippen LogP contribution >= 0.6 is 0 Å². The van der Waals surface area contributed by atoms with Gasteiger partial charge in [0.1, 0.15) is 5.69 Å². The smallest absolute Gasteiger partial charge is 0.101 e. The third kappa shape index (κ3) is 6.02. The van der Waals surface area contributed by atoms with Crippen LogP contribution in [0.3, 0.4) is 0 Å². The number of nitrogens with one attached hydrogen (secondary N) is 1. The van der Waals surface area contributed by atoms with Crippen molar-refractivity contribution in [3.63, 3.8) is 0 Å². The van der Waals surface area contributed by atoms with E-state index in [0.717, 1.165) is 46.7 Å². The van der Waals surface area contributed by atoms with Crippen molar-refractivity contribution in [3.05, 3.63) is 132 Å². The Hall–Kier alpha value is -4.08. The van der Waals surface area contributed by atoms with E-state index in [2.05, 4.69) is 115 Å². The topological polar surface area (TPSA) is 37.8 Å². The monoisotopic (exact) mass is 483 g/mol. The predicted molar refractivity (Wildman–Crippen MR) is 154 cm³/mol. The summed E-state index contributed by atoms with van der Waals surface area (Å²) >= 11 is 0. The molecule has 5 rings (SSSR count). The van der Waals surface area contributed by atoms with Crippen LogP contribution in [0, 0.1) is 0 Å². The van der Waals surface area contributed by atoms with Gasteiger partial charge in [0.2, 0.25) is 0 Å².